The molecule has 52 heavy (non-hydrogen) atoms. The lowest BCUT2D eigenvalue weighted by Crippen LogP contribution is -2.43. The van der Waals surface area contributed by atoms with Gasteiger partial charge < -0.3 is 15.1 Å². The molecule has 1 aliphatic rings. The fourth-order valence-corrected chi connectivity index (χ4v) is 1.70. The Bertz CT molecular complexity index is 330. The molecular weight excluding hydrogens is 639 g/mol. The Hall–Kier alpha value is -0.770. The van der Waals surface area contributed by atoms with Crippen molar-refractivity contribution >= 4 is 6.09 Å². The Labute approximate surface area is 336 Å². The summed E-state index contributed by atoms with van der Waals surface area (Å²) >= 11 is 0. The van der Waals surface area contributed by atoms with E-state index in [0.29, 0.717) is 13.0 Å². The lowest BCUT2D eigenvalue weighted by atomic mass is 10.0. The number of hydrogen-bond donors (Lipinski definition) is 2. The zero-order valence-electron chi connectivity index (χ0n) is 41.2. The minimum absolute atomic E-state index is 0.0428. The van der Waals surface area contributed by atoms with Gasteiger partial charge in [0.2, 0.25) is 0 Å². The second-order valence-corrected chi connectivity index (χ2v) is 13.1. The quantitative estimate of drug-likeness (QED) is 0.209. The number of unbranched alkanes of at least 4 members (excludes halogenated alkanes) is 10. The van der Waals surface area contributed by atoms with Crippen molar-refractivity contribution in [1.29, 1.82) is 0 Å². The monoisotopic (exact) mass is 754 g/mol. The van der Waals surface area contributed by atoms with Crippen molar-refractivity contribution in [3.63, 3.8) is 0 Å². The highest BCUT2D eigenvalue weighted by molar-refractivity contribution is 5.65. The van der Waals surface area contributed by atoms with Gasteiger partial charge in [0, 0.05) is 19.2 Å². The molecule has 1 saturated heterocycles. The zero-order valence-corrected chi connectivity index (χ0v) is 41.2. The van der Waals surface area contributed by atoms with Crippen molar-refractivity contribution in [2.24, 2.45) is 0 Å². The summed E-state index contributed by atoms with van der Waals surface area (Å²) in [6.45, 7) is 44.3. The van der Waals surface area contributed by atoms with Crippen molar-refractivity contribution in [2.75, 3.05) is 13.2 Å². The molecule has 1 aliphatic heterocycles. The molecule has 0 aromatic rings. The van der Waals surface area contributed by atoms with Crippen LogP contribution in [-0.4, -0.2) is 40.4 Å². The molecule has 2 N–H and O–H groups in total. The molecule has 1 heterocycles. The maximum Gasteiger partial charge on any atom is 0.407 e. The highest BCUT2D eigenvalue weighted by Crippen LogP contribution is 2.19. The van der Waals surface area contributed by atoms with Gasteiger partial charge in [0.1, 0.15) is 0 Å². The summed E-state index contributed by atoms with van der Waals surface area (Å²) in [4.78, 5) is 12.1. The smallest absolute Gasteiger partial charge is 0.407 e. The summed E-state index contributed by atoms with van der Waals surface area (Å²) < 4.78 is 0. The Balaban J connectivity index is -0.0000000486. The first-order valence-corrected chi connectivity index (χ1v) is 23.5. The first-order valence-electron chi connectivity index (χ1n) is 23.5. The first kappa shape index (κ1) is 76.0. The summed E-state index contributed by atoms with van der Waals surface area (Å²) in [6.07, 6.45) is 29.0. The number of likely N-dealkylation sites (tertiary alicyclic amines) is 1. The van der Waals surface area contributed by atoms with Gasteiger partial charge in [-0.2, -0.15) is 0 Å². The van der Waals surface area contributed by atoms with E-state index >= 15 is 0 Å². The third-order valence-electron chi connectivity index (χ3n) is 7.34. The number of carboxylic acid groups (broad SMARTS) is 1. The van der Waals surface area contributed by atoms with Crippen molar-refractivity contribution in [2.45, 2.75) is 299 Å². The predicted octanol–water partition coefficient (Wildman–Crippen LogP) is 19.0. The van der Waals surface area contributed by atoms with Crippen LogP contribution in [-0.2, 0) is 0 Å². The molecule has 4 nitrogen and oxygen atoms in total. The number of amides is 1. The third kappa shape index (κ3) is 154. The van der Waals surface area contributed by atoms with Crippen molar-refractivity contribution < 1.29 is 15.0 Å². The van der Waals surface area contributed by atoms with Crippen LogP contribution in [0, 0.1) is 0 Å². The Morgan fingerprint density at radius 3 is 0.731 bits per heavy atom. The van der Waals surface area contributed by atoms with Crippen LogP contribution in [0.3, 0.4) is 0 Å². The van der Waals surface area contributed by atoms with Crippen LogP contribution >= 0.6 is 0 Å². The van der Waals surface area contributed by atoms with Gasteiger partial charge >= 0.3 is 6.09 Å². The second kappa shape index (κ2) is 104. The van der Waals surface area contributed by atoms with E-state index in [0.717, 1.165) is 19.3 Å². The Morgan fingerprint density at radius 2 is 0.596 bits per heavy atom. The molecule has 0 radical (unpaired) electrons. The topological polar surface area (TPSA) is 60.8 Å². The van der Waals surface area contributed by atoms with Gasteiger partial charge in [0.25, 0.3) is 0 Å². The molecule has 1 atom stereocenters. The lowest BCUT2D eigenvalue weighted by Gasteiger charge is -2.33. The van der Waals surface area contributed by atoms with Gasteiger partial charge in [0.05, 0.1) is 0 Å². The van der Waals surface area contributed by atoms with E-state index < -0.39 is 6.09 Å². The van der Waals surface area contributed by atoms with E-state index in [4.69, 9.17) is 10.2 Å². The molecule has 0 bridgehead atoms. The predicted molar refractivity (Wildman–Crippen MR) is 250 cm³/mol. The molecule has 1 amide bonds. The minimum atomic E-state index is -0.854. The van der Waals surface area contributed by atoms with Gasteiger partial charge in [-0.05, 0) is 25.7 Å². The maximum atomic E-state index is 10.7. The molecule has 330 valence electrons. The van der Waals surface area contributed by atoms with Gasteiger partial charge in [-0.15, -0.1) is 0 Å². The van der Waals surface area contributed by atoms with Gasteiger partial charge in [-0.3, -0.25) is 0 Å². The standard InChI is InChI=1S/C8H15NO3.10C4H10/c10-6-4-7-3-1-2-5-9(7)8(11)12;10*1-3-4-2/h7,10H,1-6H2,(H,11,12);10*3-4H2,1-2H3. The van der Waals surface area contributed by atoms with Crippen LogP contribution in [0.25, 0.3) is 0 Å². The fraction of sp³-hybridized carbons (Fsp3) is 0.979. The van der Waals surface area contributed by atoms with E-state index in [1.54, 1.807) is 0 Å². The third-order valence-corrected chi connectivity index (χ3v) is 7.34. The van der Waals surface area contributed by atoms with Gasteiger partial charge in [-0.25, -0.2) is 4.79 Å². The van der Waals surface area contributed by atoms with Crippen LogP contribution in [0.1, 0.15) is 293 Å². The average Bonchev–Trinajstić information content (AvgIpc) is 3.21. The van der Waals surface area contributed by atoms with Crippen molar-refractivity contribution in [3.8, 4) is 0 Å². The molecule has 1 fully saturated rings. The molecular formula is C48H115NO3. The summed E-state index contributed by atoms with van der Waals surface area (Å²) in [7, 11) is 0. The van der Waals surface area contributed by atoms with Crippen LogP contribution in [0.2, 0.25) is 0 Å². The molecule has 0 aliphatic carbocycles. The highest BCUT2D eigenvalue weighted by atomic mass is 16.4. The number of nitrogens with zero attached hydrogens (tertiary/aromatic N) is 1. The molecule has 0 aromatic heterocycles. The highest BCUT2D eigenvalue weighted by Gasteiger charge is 2.25. The SMILES string of the molecule is CCCC.CCCC.CCCC.CCCC.CCCC.CCCC.CCCC.CCCC.CCCC.CCCC.O=C(O)N1CCCCC1CCO. The molecule has 1 rings (SSSR count). The van der Waals surface area contributed by atoms with E-state index in [-0.39, 0.29) is 12.6 Å². The number of hydrogen-bond acceptors (Lipinski definition) is 2. The Morgan fingerprint density at radius 1 is 0.404 bits per heavy atom. The summed E-state index contributed by atoms with van der Waals surface area (Å²) in [5, 5.41) is 17.5. The number of aliphatic hydroxyl groups is 1. The number of piperidine rings is 1. The van der Waals surface area contributed by atoms with E-state index in [1.165, 1.54) is 133 Å². The van der Waals surface area contributed by atoms with Crippen LogP contribution < -0.4 is 0 Å². The van der Waals surface area contributed by atoms with Crippen molar-refractivity contribution in [3.05, 3.63) is 0 Å². The minimum Gasteiger partial charge on any atom is -0.465 e. The zero-order chi connectivity index (χ0) is 43.1. The molecule has 1 unspecified atom stereocenters. The number of aliphatic hydroxyl groups excluding tert-OH is 1. The summed E-state index contributed by atoms with van der Waals surface area (Å²) in [5.74, 6) is 0. The number of carbonyl (C=O) groups is 1. The molecule has 4 heteroatoms. The van der Waals surface area contributed by atoms with Crippen molar-refractivity contribution in [1.82, 2.24) is 4.90 Å². The lowest BCUT2D eigenvalue weighted by molar-refractivity contribution is 0.0949. The van der Waals surface area contributed by atoms with E-state index in [9.17, 15) is 4.79 Å². The summed E-state index contributed by atoms with van der Waals surface area (Å²) in [5.41, 5.74) is 0. The largest absolute Gasteiger partial charge is 0.465 e. The summed E-state index contributed by atoms with van der Waals surface area (Å²) in [6, 6.07) is 0.0428. The van der Waals surface area contributed by atoms with Crippen LogP contribution in [0.5, 0.6) is 0 Å². The van der Waals surface area contributed by atoms with E-state index in [2.05, 4.69) is 138 Å². The maximum absolute atomic E-state index is 10.7. The van der Waals surface area contributed by atoms with Gasteiger partial charge in [0.15, 0.2) is 0 Å². The van der Waals surface area contributed by atoms with E-state index in [1.807, 2.05) is 0 Å². The normalized spacial score (nSPS) is 11.3. The van der Waals surface area contributed by atoms with Gasteiger partial charge in [-0.1, -0.05) is 267 Å². The van der Waals surface area contributed by atoms with Crippen LogP contribution in [0.4, 0.5) is 4.79 Å². The second-order valence-electron chi connectivity index (χ2n) is 13.1. The first-order chi connectivity index (χ1) is 24.9. The number of rotatable bonds is 12. The Kier molecular flexibility index (Phi) is 152. The fourth-order valence-electron chi connectivity index (χ4n) is 1.70. The molecule has 0 aromatic carbocycles. The van der Waals surface area contributed by atoms with Crippen LogP contribution in [0.15, 0.2) is 0 Å². The molecule has 0 spiro atoms. The average molecular weight is 754 g/mol. The molecule has 0 saturated carbocycles.